The van der Waals surface area contributed by atoms with Gasteiger partial charge in [-0.15, -0.1) is 0 Å². The van der Waals surface area contributed by atoms with Gasteiger partial charge >= 0.3 is 0 Å². The molecule has 0 aromatic heterocycles. The lowest BCUT2D eigenvalue weighted by molar-refractivity contribution is -0.146. The van der Waals surface area contributed by atoms with Crippen molar-refractivity contribution in [1.82, 2.24) is 10.2 Å². The highest BCUT2D eigenvalue weighted by Gasteiger charge is 2.53. The molecule has 6 rings (SSSR count). The second-order valence-corrected chi connectivity index (χ2v) is 11.0. The zero-order chi connectivity index (χ0) is 26.2. The molecule has 2 bridgehead atoms. The molecular formula is C33H40N2O4. The molecule has 2 saturated heterocycles. The van der Waals surface area contributed by atoms with Gasteiger partial charge in [-0.3, -0.25) is 14.9 Å². The fourth-order valence-electron chi connectivity index (χ4n) is 7.23. The van der Waals surface area contributed by atoms with Gasteiger partial charge in [0.25, 0.3) is 0 Å². The number of carbonyl (C=O) groups excluding carboxylic acids is 2. The molecule has 0 radical (unpaired) electrons. The van der Waals surface area contributed by atoms with E-state index in [0.717, 1.165) is 36.1 Å². The summed E-state index contributed by atoms with van der Waals surface area (Å²) >= 11 is 0. The Balaban J connectivity index is 0.00000308. The van der Waals surface area contributed by atoms with Crippen molar-refractivity contribution in [3.63, 3.8) is 0 Å². The van der Waals surface area contributed by atoms with Crippen LogP contribution < -0.4 is 5.32 Å². The Kier molecular flexibility index (Phi) is 8.06. The maximum Gasteiger partial charge on any atom is 0.240 e. The summed E-state index contributed by atoms with van der Waals surface area (Å²) in [5.74, 6) is 0.926. The Bertz CT molecular complexity index is 1220. The molecule has 5 atom stereocenters. The molecule has 1 N–H and O–H groups in total. The van der Waals surface area contributed by atoms with E-state index in [0.29, 0.717) is 19.6 Å². The number of rotatable bonds is 7. The largest absolute Gasteiger partial charge is 0.501 e. The molecule has 3 heterocycles. The van der Waals surface area contributed by atoms with E-state index in [2.05, 4.69) is 40.6 Å². The summed E-state index contributed by atoms with van der Waals surface area (Å²) in [6.45, 7) is 1.24. The van der Waals surface area contributed by atoms with Crippen LogP contribution >= 0.6 is 0 Å². The second kappa shape index (κ2) is 11.5. The molecule has 2 aromatic rings. The van der Waals surface area contributed by atoms with E-state index in [9.17, 15) is 9.59 Å². The van der Waals surface area contributed by atoms with Gasteiger partial charge in [-0.05, 0) is 54.0 Å². The number of methoxy groups -OCH3 is 2. The number of Topliss-reactive ketones (excluding diaryl/α,β-unsaturated/α-hetero) is 1. The minimum absolute atomic E-state index is 0. The van der Waals surface area contributed by atoms with Gasteiger partial charge in [0.1, 0.15) is 11.5 Å². The topological polar surface area (TPSA) is 67.9 Å². The number of ketones is 1. The number of nitrogens with zero attached hydrogens (tertiary/aromatic N) is 1. The third-order valence-corrected chi connectivity index (χ3v) is 8.95. The molecule has 6 heteroatoms. The molecule has 39 heavy (non-hydrogen) atoms. The highest BCUT2D eigenvalue weighted by Crippen LogP contribution is 2.44. The number of hydrogen-bond donors (Lipinski definition) is 1. The van der Waals surface area contributed by atoms with Crippen LogP contribution in [0.25, 0.3) is 0 Å². The number of hydrogen-bond acceptors (Lipinski definition) is 5. The molecule has 0 saturated carbocycles. The first-order chi connectivity index (χ1) is 18.6. The van der Waals surface area contributed by atoms with Gasteiger partial charge in [0.05, 0.1) is 31.7 Å². The average molecular weight is 529 g/mol. The van der Waals surface area contributed by atoms with Crippen molar-refractivity contribution in [3.05, 3.63) is 94.8 Å². The van der Waals surface area contributed by atoms with Crippen LogP contribution in [-0.2, 0) is 19.1 Å². The number of amides is 1. The minimum Gasteiger partial charge on any atom is -0.501 e. The van der Waals surface area contributed by atoms with Crippen LogP contribution in [0.4, 0.5) is 0 Å². The molecule has 1 amide bonds. The predicted octanol–water partition coefficient (Wildman–Crippen LogP) is 4.87. The van der Waals surface area contributed by atoms with Crippen molar-refractivity contribution < 1.29 is 19.1 Å². The van der Waals surface area contributed by atoms with Gasteiger partial charge in [0, 0.05) is 31.5 Å². The van der Waals surface area contributed by atoms with E-state index in [-0.39, 0.29) is 55.0 Å². The van der Waals surface area contributed by atoms with E-state index in [1.54, 1.807) is 14.2 Å². The van der Waals surface area contributed by atoms with Gasteiger partial charge < -0.3 is 14.4 Å². The Morgan fingerprint density at radius 2 is 1.69 bits per heavy atom. The van der Waals surface area contributed by atoms with Crippen LogP contribution in [0.1, 0.15) is 50.2 Å². The summed E-state index contributed by atoms with van der Waals surface area (Å²) in [5.41, 5.74) is 4.55. The van der Waals surface area contributed by atoms with Crippen LogP contribution in [0, 0.1) is 11.8 Å². The van der Waals surface area contributed by atoms with E-state index < -0.39 is 0 Å². The fraction of sp³-hybridized carbons (Fsp3) is 0.455. The maximum absolute atomic E-state index is 14.6. The van der Waals surface area contributed by atoms with Gasteiger partial charge in [-0.1, -0.05) is 68.1 Å². The van der Waals surface area contributed by atoms with E-state index >= 15 is 0 Å². The zero-order valence-corrected chi connectivity index (χ0v) is 22.1. The molecule has 1 aliphatic carbocycles. The summed E-state index contributed by atoms with van der Waals surface area (Å²) in [7, 11) is 3.43. The van der Waals surface area contributed by atoms with Crippen molar-refractivity contribution in [3.8, 4) is 0 Å². The maximum atomic E-state index is 14.6. The van der Waals surface area contributed by atoms with Gasteiger partial charge in [-0.2, -0.15) is 0 Å². The van der Waals surface area contributed by atoms with Gasteiger partial charge in [0.15, 0.2) is 0 Å². The van der Waals surface area contributed by atoms with Crippen molar-refractivity contribution >= 4 is 11.7 Å². The fourth-order valence-corrected chi connectivity index (χ4v) is 7.23. The highest BCUT2D eigenvalue weighted by atomic mass is 16.5. The number of benzene rings is 2. The number of nitrogens with one attached hydrogen (secondary N) is 1. The molecule has 0 spiro atoms. The summed E-state index contributed by atoms with van der Waals surface area (Å²) in [6.07, 6.45) is 5.17. The highest BCUT2D eigenvalue weighted by molar-refractivity contribution is 5.93. The Labute approximate surface area is 232 Å². The van der Waals surface area contributed by atoms with Crippen LogP contribution in [-0.4, -0.2) is 62.1 Å². The lowest BCUT2D eigenvalue weighted by atomic mass is 9.68. The number of piperidine rings is 1. The molecule has 3 aliphatic heterocycles. The number of carbonyl (C=O) groups is 2. The summed E-state index contributed by atoms with van der Waals surface area (Å²) in [4.78, 5) is 30.2. The predicted molar refractivity (Wildman–Crippen MR) is 152 cm³/mol. The summed E-state index contributed by atoms with van der Waals surface area (Å²) < 4.78 is 11.3. The van der Waals surface area contributed by atoms with Crippen LogP contribution in [0.2, 0.25) is 0 Å². The van der Waals surface area contributed by atoms with Crippen LogP contribution in [0.5, 0.6) is 0 Å². The van der Waals surface area contributed by atoms with E-state index in [4.69, 9.17) is 9.47 Å². The number of ether oxygens (including phenoxy) is 2. The zero-order valence-electron chi connectivity index (χ0n) is 22.1. The lowest BCUT2D eigenvalue weighted by Crippen LogP contribution is -2.71. The third kappa shape index (κ3) is 4.85. The molecule has 206 valence electrons. The van der Waals surface area contributed by atoms with Crippen molar-refractivity contribution in [2.24, 2.45) is 11.8 Å². The monoisotopic (exact) mass is 528 g/mol. The molecule has 6 nitrogen and oxygen atoms in total. The molecule has 2 fully saturated rings. The van der Waals surface area contributed by atoms with Crippen molar-refractivity contribution in [1.29, 1.82) is 0 Å². The quantitative estimate of drug-likeness (QED) is 0.556. The smallest absolute Gasteiger partial charge is 0.240 e. The van der Waals surface area contributed by atoms with Crippen molar-refractivity contribution in [2.45, 2.75) is 57.2 Å². The molecule has 4 aliphatic rings. The summed E-state index contributed by atoms with van der Waals surface area (Å²) in [5, 5.41) is 3.67. The van der Waals surface area contributed by atoms with Crippen LogP contribution in [0.3, 0.4) is 0 Å². The first kappa shape index (κ1) is 27.4. The summed E-state index contributed by atoms with van der Waals surface area (Å²) in [6, 6.07) is 19.8. The Morgan fingerprint density at radius 1 is 1.03 bits per heavy atom. The second-order valence-electron chi connectivity index (χ2n) is 11.0. The van der Waals surface area contributed by atoms with Crippen LogP contribution in [0.15, 0.2) is 83.6 Å². The van der Waals surface area contributed by atoms with Crippen molar-refractivity contribution in [2.75, 3.05) is 27.4 Å². The number of fused-ring (bicyclic) bond motifs is 5. The lowest BCUT2D eigenvalue weighted by Gasteiger charge is -2.54. The Hall–Kier alpha value is -3.22. The Morgan fingerprint density at radius 3 is 2.31 bits per heavy atom. The molecular weight excluding hydrogens is 488 g/mol. The first-order valence-electron chi connectivity index (χ1n) is 13.8. The van der Waals surface area contributed by atoms with E-state index in [1.807, 2.05) is 36.4 Å². The van der Waals surface area contributed by atoms with Gasteiger partial charge in [0.2, 0.25) is 5.91 Å². The van der Waals surface area contributed by atoms with E-state index in [1.165, 1.54) is 11.1 Å². The number of allylic oxidation sites excluding steroid dienone is 1. The number of piperazine rings is 1. The minimum atomic E-state index is -0.337. The third-order valence-electron chi connectivity index (χ3n) is 8.95. The molecule has 5 unspecified atom stereocenters. The van der Waals surface area contributed by atoms with Gasteiger partial charge in [-0.25, -0.2) is 0 Å². The standard InChI is InChI=1S/C32H36N2O4.CH4/c1-37-19-23-17-25-22(18-27(23)38-2)15-16-34-30(25)29-24(13-14-26(33-29)32(34)36)31(35)28(20-9-5-3-6-10-20)21-11-7-4-8-12-21;/h3-12,18,23-24,26,28-30,33H,13-17,19H2,1-2H3;1H4. The normalized spacial score (nSPS) is 27.8. The first-order valence-corrected chi connectivity index (χ1v) is 13.8. The average Bonchev–Trinajstić information content (AvgIpc) is 2.96. The molecule has 2 aromatic carbocycles. The SMILES string of the molecule is C.COCC1CC2=C(C=C1OC)CCN1C(=O)C3CCC(C(=O)C(c4ccccc4)c4ccccc4)C(N3)C21.